The van der Waals surface area contributed by atoms with Gasteiger partial charge in [-0.05, 0) is 31.6 Å². The molecule has 0 spiro atoms. The lowest BCUT2D eigenvalue weighted by Gasteiger charge is -2.27. The third kappa shape index (κ3) is 2.77. The molecule has 90 valence electrons. The van der Waals surface area contributed by atoms with Crippen molar-refractivity contribution in [3.63, 3.8) is 0 Å². The first-order valence-corrected chi connectivity index (χ1v) is 6.51. The van der Waals surface area contributed by atoms with Crippen LogP contribution in [0.25, 0.3) is 0 Å². The van der Waals surface area contributed by atoms with E-state index in [0.29, 0.717) is 11.8 Å². The van der Waals surface area contributed by atoms with Crippen molar-refractivity contribution in [2.24, 2.45) is 5.92 Å². The van der Waals surface area contributed by atoms with Crippen molar-refractivity contribution in [3.8, 4) is 0 Å². The summed E-state index contributed by atoms with van der Waals surface area (Å²) in [4.78, 5) is 0. The maximum Gasteiger partial charge on any atom is 0.222 e. The van der Waals surface area contributed by atoms with Gasteiger partial charge < -0.3 is 10.3 Å². The number of aromatic nitrogens is 1. The van der Waals surface area contributed by atoms with Crippen molar-refractivity contribution < 1.29 is 4.52 Å². The Balaban J connectivity index is 1.81. The molecule has 1 aromatic rings. The summed E-state index contributed by atoms with van der Waals surface area (Å²) in [7, 11) is 0. The Morgan fingerprint density at radius 1 is 1.38 bits per heavy atom. The number of unbranched alkanes of at least 4 members (excludes halogenated alkanes) is 1. The number of anilines is 1. The molecule has 0 bridgehead atoms. The van der Waals surface area contributed by atoms with Gasteiger partial charge in [-0.15, -0.1) is 0 Å². The molecule has 1 aromatic heterocycles. The summed E-state index contributed by atoms with van der Waals surface area (Å²) in [5, 5.41) is 4.03. The zero-order valence-electron chi connectivity index (χ0n) is 10.1. The van der Waals surface area contributed by atoms with Gasteiger partial charge in [-0.25, -0.2) is 0 Å². The summed E-state index contributed by atoms with van der Waals surface area (Å²) in [5.41, 5.74) is 6.61. The minimum atomic E-state index is 0.447. The molecule has 1 heterocycles. The van der Waals surface area contributed by atoms with Crippen LogP contribution in [0.4, 0.5) is 5.88 Å². The van der Waals surface area contributed by atoms with Crippen LogP contribution in [0, 0.1) is 5.92 Å². The third-order valence-corrected chi connectivity index (χ3v) is 3.78. The van der Waals surface area contributed by atoms with Gasteiger partial charge >= 0.3 is 0 Å². The van der Waals surface area contributed by atoms with Gasteiger partial charge in [0, 0.05) is 12.0 Å². The first-order valence-electron chi connectivity index (χ1n) is 6.51. The average molecular weight is 222 g/mol. The minimum absolute atomic E-state index is 0.447. The third-order valence-electron chi connectivity index (χ3n) is 3.78. The summed E-state index contributed by atoms with van der Waals surface area (Å²) < 4.78 is 4.94. The zero-order chi connectivity index (χ0) is 11.4. The van der Waals surface area contributed by atoms with E-state index in [4.69, 9.17) is 10.3 Å². The number of nitrogens with two attached hydrogens (primary N) is 1. The molecule has 1 aliphatic rings. The molecule has 1 saturated carbocycles. The van der Waals surface area contributed by atoms with Gasteiger partial charge in [0.1, 0.15) is 0 Å². The largest absolute Gasteiger partial charge is 0.368 e. The maximum absolute atomic E-state index is 5.55. The van der Waals surface area contributed by atoms with Gasteiger partial charge in [-0.2, -0.15) is 0 Å². The average Bonchev–Trinajstić information content (AvgIpc) is 2.74. The van der Waals surface area contributed by atoms with Crippen molar-refractivity contribution >= 4 is 5.88 Å². The van der Waals surface area contributed by atoms with E-state index in [1.807, 2.05) is 6.07 Å². The fraction of sp³-hybridized carbons (Fsp3) is 0.769. The molecule has 1 fully saturated rings. The Morgan fingerprint density at radius 2 is 2.12 bits per heavy atom. The predicted molar refractivity (Wildman–Crippen MR) is 65.1 cm³/mol. The summed E-state index contributed by atoms with van der Waals surface area (Å²) in [5.74, 6) is 1.97. The number of nitrogens with zero attached hydrogens (tertiary/aromatic N) is 1. The molecule has 16 heavy (non-hydrogen) atoms. The first-order chi connectivity index (χ1) is 7.79. The SMILES string of the molecule is CCCCC1CCC(c2cc(N)on2)CC1. The summed E-state index contributed by atoms with van der Waals surface area (Å²) in [6.45, 7) is 2.27. The molecule has 0 atom stereocenters. The molecular weight excluding hydrogens is 200 g/mol. The normalized spacial score (nSPS) is 25.8. The molecule has 3 heteroatoms. The molecule has 0 aromatic carbocycles. The highest BCUT2D eigenvalue weighted by molar-refractivity contribution is 5.26. The van der Waals surface area contributed by atoms with Gasteiger partial charge in [0.25, 0.3) is 0 Å². The predicted octanol–water partition coefficient (Wildman–Crippen LogP) is 3.72. The van der Waals surface area contributed by atoms with E-state index in [9.17, 15) is 0 Å². The van der Waals surface area contributed by atoms with E-state index in [1.165, 1.54) is 44.9 Å². The maximum atomic E-state index is 5.55. The highest BCUT2D eigenvalue weighted by atomic mass is 16.5. The molecule has 0 amide bonds. The topological polar surface area (TPSA) is 52.0 Å². The van der Waals surface area contributed by atoms with Crippen molar-refractivity contribution in [1.82, 2.24) is 5.16 Å². The molecule has 2 N–H and O–H groups in total. The van der Waals surface area contributed by atoms with Gasteiger partial charge in [-0.1, -0.05) is 31.3 Å². The van der Waals surface area contributed by atoms with Crippen LogP contribution in [-0.2, 0) is 0 Å². The van der Waals surface area contributed by atoms with Crippen LogP contribution in [-0.4, -0.2) is 5.16 Å². The van der Waals surface area contributed by atoms with Gasteiger partial charge in [-0.3, -0.25) is 0 Å². The fourth-order valence-corrected chi connectivity index (χ4v) is 2.74. The Hall–Kier alpha value is -0.990. The van der Waals surface area contributed by atoms with Crippen molar-refractivity contribution in [2.45, 2.75) is 57.8 Å². The van der Waals surface area contributed by atoms with Crippen molar-refractivity contribution in [3.05, 3.63) is 11.8 Å². The second-order valence-electron chi connectivity index (χ2n) is 5.01. The molecule has 0 saturated heterocycles. The Labute approximate surface area is 97.4 Å². The molecular formula is C13H22N2O. The smallest absolute Gasteiger partial charge is 0.222 e. The zero-order valence-corrected chi connectivity index (χ0v) is 10.1. The van der Waals surface area contributed by atoms with E-state index in [2.05, 4.69) is 12.1 Å². The van der Waals surface area contributed by atoms with Crippen LogP contribution in [0.5, 0.6) is 0 Å². The lowest BCUT2D eigenvalue weighted by atomic mass is 9.78. The van der Waals surface area contributed by atoms with E-state index in [0.717, 1.165) is 11.6 Å². The molecule has 2 rings (SSSR count). The monoisotopic (exact) mass is 222 g/mol. The lowest BCUT2D eigenvalue weighted by Crippen LogP contribution is -2.13. The van der Waals surface area contributed by atoms with Crippen LogP contribution in [0.3, 0.4) is 0 Å². The summed E-state index contributed by atoms with van der Waals surface area (Å²) in [6, 6.07) is 1.89. The Morgan fingerprint density at radius 3 is 2.69 bits per heavy atom. The molecule has 0 unspecified atom stereocenters. The number of hydrogen-bond donors (Lipinski definition) is 1. The van der Waals surface area contributed by atoms with Crippen LogP contribution < -0.4 is 5.73 Å². The van der Waals surface area contributed by atoms with Gasteiger partial charge in [0.2, 0.25) is 5.88 Å². The summed E-state index contributed by atoms with van der Waals surface area (Å²) >= 11 is 0. The molecule has 0 radical (unpaired) electrons. The fourth-order valence-electron chi connectivity index (χ4n) is 2.74. The number of nitrogen functional groups attached to an aromatic ring is 1. The van der Waals surface area contributed by atoms with E-state index >= 15 is 0 Å². The Kier molecular flexibility index (Phi) is 3.86. The van der Waals surface area contributed by atoms with Crippen molar-refractivity contribution in [2.75, 3.05) is 5.73 Å². The van der Waals surface area contributed by atoms with Gasteiger partial charge in [0.15, 0.2) is 0 Å². The molecule has 0 aliphatic heterocycles. The van der Waals surface area contributed by atoms with Crippen LogP contribution in [0.15, 0.2) is 10.6 Å². The standard InChI is InChI=1S/C13H22N2O/c1-2-3-4-10-5-7-11(8-6-10)12-9-13(14)16-15-12/h9-11H,2-8,14H2,1H3. The number of rotatable bonds is 4. The van der Waals surface area contributed by atoms with Crippen molar-refractivity contribution in [1.29, 1.82) is 0 Å². The lowest BCUT2D eigenvalue weighted by molar-refractivity contribution is 0.295. The van der Waals surface area contributed by atoms with Crippen LogP contribution in [0.1, 0.15) is 63.5 Å². The minimum Gasteiger partial charge on any atom is -0.368 e. The highest BCUT2D eigenvalue weighted by Crippen LogP contribution is 2.37. The highest BCUT2D eigenvalue weighted by Gasteiger charge is 2.24. The Bertz CT molecular complexity index is 313. The quantitative estimate of drug-likeness (QED) is 0.844. The van der Waals surface area contributed by atoms with E-state index in [1.54, 1.807) is 0 Å². The second kappa shape index (κ2) is 5.37. The van der Waals surface area contributed by atoms with Crippen LogP contribution in [0.2, 0.25) is 0 Å². The molecule has 1 aliphatic carbocycles. The first kappa shape index (κ1) is 11.5. The summed E-state index contributed by atoms with van der Waals surface area (Å²) in [6.07, 6.45) is 9.30. The second-order valence-corrected chi connectivity index (χ2v) is 5.01. The van der Waals surface area contributed by atoms with E-state index in [-0.39, 0.29) is 0 Å². The van der Waals surface area contributed by atoms with Gasteiger partial charge in [0.05, 0.1) is 5.69 Å². The molecule has 3 nitrogen and oxygen atoms in total. The van der Waals surface area contributed by atoms with E-state index < -0.39 is 0 Å². The number of hydrogen-bond acceptors (Lipinski definition) is 3. The van der Waals surface area contributed by atoms with Crippen LogP contribution >= 0.6 is 0 Å².